The molecule has 0 bridgehead atoms. The van der Waals surface area contributed by atoms with Gasteiger partial charge in [-0.05, 0) is 20.8 Å². The number of nitrogens with one attached hydrogen (secondary N) is 1. The maximum Gasteiger partial charge on any atom is 0.135 e. The van der Waals surface area contributed by atoms with E-state index in [9.17, 15) is 5.11 Å². The summed E-state index contributed by atoms with van der Waals surface area (Å²) >= 11 is 0. The summed E-state index contributed by atoms with van der Waals surface area (Å²) in [5.41, 5.74) is -0.754. The first-order chi connectivity index (χ1) is 8.73. The number of aromatic nitrogens is 2. The Morgan fingerprint density at radius 2 is 2.00 bits per heavy atom. The fourth-order valence-electron chi connectivity index (χ4n) is 1.84. The predicted octanol–water partition coefficient (Wildman–Crippen LogP) is 2.24. The number of hydrogen-bond acceptors (Lipinski definition) is 5. The monoisotopic (exact) mass is 266 g/mol. The zero-order valence-electron chi connectivity index (χ0n) is 12.9. The van der Waals surface area contributed by atoms with Gasteiger partial charge >= 0.3 is 0 Å². The average molecular weight is 266 g/mol. The van der Waals surface area contributed by atoms with Crippen LogP contribution in [0.25, 0.3) is 0 Å². The molecule has 0 fully saturated rings. The van der Waals surface area contributed by atoms with Gasteiger partial charge in [0, 0.05) is 32.1 Å². The van der Waals surface area contributed by atoms with E-state index >= 15 is 0 Å². The van der Waals surface area contributed by atoms with Gasteiger partial charge in [-0.15, -0.1) is 0 Å². The van der Waals surface area contributed by atoms with Crippen LogP contribution in [0.3, 0.4) is 0 Å². The third-order valence-electron chi connectivity index (χ3n) is 2.62. The van der Waals surface area contributed by atoms with E-state index in [2.05, 4.69) is 29.1 Å². The molecule has 0 unspecified atom stereocenters. The molecule has 5 heteroatoms. The summed E-state index contributed by atoms with van der Waals surface area (Å²) in [6, 6.07) is 1.92. The van der Waals surface area contributed by atoms with Crippen molar-refractivity contribution in [2.75, 3.05) is 30.4 Å². The van der Waals surface area contributed by atoms with Crippen molar-refractivity contribution in [2.24, 2.45) is 0 Å². The minimum absolute atomic E-state index is 0.271. The molecule has 1 aromatic rings. The number of anilines is 2. The van der Waals surface area contributed by atoms with Gasteiger partial charge in [0.05, 0.1) is 5.60 Å². The van der Waals surface area contributed by atoms with Gasteiger partial charge in [-0.2, -0.15) is 0 Å². The molecule has 5 nitrogen and oxygen atoms in total. The minimum atomic E-state index is -0.754. The van der Waals surface area contributed by atoms with E-state index in [1.807, 2.05) is 24.9 Å². The van der Waals surface area contributed by atoms with E-state index in [4.69, 9.17) is 0 Å². The van der Waals surface area contributed by atoms with E-state index in [1.165, 1.54) is 0 Å². The second-order valence-electron chi connectivity index (χ2n) is 5.82. The van der Waals surface area contributed by atoms with E-state index < -0.39 is 5.60 Å². The van der Waals surface area contributed by atoms with Gasteiger partial charge in [0.1, 0.15) is 17.5 Å². The summed E-state index contributed by atoms with van der Waals surface area (Å²) in [5, 5.41) is 13.1. The van der Waals surface area contributed by atoms with Crippen LogP contribution in [0.4, 0.5) is 11.6 Å². The lowest BCUT2D eigenvalue weighted by Gasteiger charge is -2.27. The number of rotatable bonds is 6. The predicted molar refractivity (Wildman–Crippen MR) is 79.9 cm³/mol. The highest BCUT2D eigenvalue weighted by molar-refractivity contribution is 5.49. The Balaban J connectivity index is 3.04. The third kappa shape index (κ3) is 5.03. The van der Waals surface area contributed by atoms with Crippen molar-refractivity contribution in [3.05, 3.63) is 11.9 Å². The van der Waals surface area contributed by atoms with Crippen molar-refractivity contribution < 1.29 is 5.11 Å². The molecule has 108 valence electrons. The first-order valence-electron chi connectivity index (χ1n) is 6.79. The van der Waals surface area contributed by atoms with Crippen LogP contribution in [0.1, 0.15) is 46.4 Å². The van der Waals surface area contributed by atoms with Crippen LogP contribution in [0, 0.1) is 0 Å². The lowest BCUT2D eigenvalue weighted by molar-refractivity contribution is 0.0884. The SMILES string of the molecule is CCNc1cc(N(C)CC(C)(C)O)nc(C(C)C)n1. The van der Waals surface area contributed by atoms with Crippen LogP contribution in [0.2, 0.25) is 0 Å². The average Bonchev–Trinajstić information content (AvgIpc) is 2.26. The van der Waals surface area contributed by atoms with Crippen molar-refractivity contribution >= 4 is 11.6 Å². The van der Waals surface area contributed by atoms with Gasteiger partial charge < -0.3 is 15.3 Å². The smallest absolute Gasteiger partial charge is 0.135 e. The topological polar surface area (TPSA) is 61.3 Å². The molecular weight excluding hydrogens is 240 g/mol. The Hall–Kier alpha value is -1.36. The molecule has 0 aliphatic rings. The van der Waals surface area contributed by atoms with E-state index in [1.54, 1.807) is 13.8 Å². The molecule has 0 amide bonds. The lowest BCUT2D eigenvalue weighted by Crippen LogP contribution is -2.36. The Morgan fingerprint density at radius 1 is 1.37 bits per heavy atom. The van der Waals surface area contributed by atoms with E-state index in [-0.39, 0.29) is 5.92 Å². The highest BCUT2D eigenvalue weighted by Gasteiger charge is 2.18. The third-order valence-corrected chi connectivity index (χ3v) is 2.62. The second-order valence-corrected chi connectivity index (χ2v) is 5.82. The maximum atomic E-state index is 9.90. The molecule has 0 aliphatic heterocycles. The quantitative estimate of drug-likeness (QED) is 0.827. The molecular formula is C14H26N4O. The molecule has 0 atom stereocenters. The zero-order valence-corrected chi connectivity index (χ0v) is 12.9. The largest absolute Gasteiger partial charge is 0.389 e. The molecule has 2 N–H and O–H groups in total. The molecule has 0 radical (unpaired) electrons. The first kappa shape index (κ1) is 15.7. The number of aliphatic hydroxyl groups is 1. The molecule has 1 heterocycles. The first-order valence-corrected chi connectivity index (χ1v) is 6.79. The van der Waals surface area contributed by atoms with Crippen LogP contribution in [-0.2, 0) is 0 Å². The minimum Gasteiger partial charge on any atom is -0.389 e. The summed E-state index contributed by atoms with van der Waals surface area (Å²) in [5.74, 6) is 2.75. The van der Waals surface area contributed by atoms with E-state index in [0.29, 0.717) is 6.54 Å². The molecule has 0 aromatic carbocycles. The fourth-order valence-corrected chi connectivity index (χ4v) is 1.84. The molecule has 0 saturated heterocycles. The van der Waals surface area contributed by atoms with Crippen LogP contribution < -0.4 is 10.2 Å². The van der Waals surface area contributed by atoms with Crippen LogP contribution in [0.15, 0.2) is 6.07 Å². The summed E-state index contributed by atoms with van der Waals surface area (Å²) in [6.07, 6.45) is 0. The fraction of sp³-hybridized carbons (Fsp3) is 0.714. The second kappa shape index (κ2) is 6.19. The highest BCUT2D eigenvalue weighted by atomic mass is 16.3. The Kier molecular flexibility index (Phi) is 5.11. The van der Waals surface area contributed by atoms with Crippen molar-refractivity contribution in [3.63, 3.8) is 0 Å². The summed E-state index contributed by atoms with van der Waals surface area (Å²) in [6.45, 7) is 11.1. The van der Waals surface area contributed by atoms with Crippen LogP contribution in [0.5, 0.6) is 0 Å². The zero-order chi connectivity index (χ0) is 14.6. The van der Waals surface area contributed by atoms with Crippen LogP contribution >= 0.6 is 0 Å². The molecule has 1 aromatic heterocycles. The van der Waals surface area contributed by atoms with Crippen molar-refractivity contribution in [1.82, 2.24) is 9.97 Å². The van der Waals surface area contributed by atoms with Crippen molar-refractivity contribution in [2.45, 2.75) is 46.1 Å². The van der Waals surface area contributed by atoms with Gasteiger partial charge in [0.2, 0.25) is 0 Å². The summed E-state index contributed by atoms with van der Waals surface area (Å²) in [4.78, 5) is 11.0. The Labute approximate surface area is 116 Å². The van der Waals surface area contributed by atoms with Crippen molar-refractivity contribution in [3.8, 4) is 0 Å². The van der Waals surface area contributed by atoms with Gasteiger partial charge in [0.25, 0.3) is 0 Å². The number of likely N-dealkylation sites (N-methyl/N-ethyl adjacent to an activating group) is 1. The van der Waals surface area contributed by atoms with Crippen LogP contribution in [-0.4, -0.2) is 40.8 Å². The summed E-state index contributed by atoms with van der Waals surface area (Å²) in [7, 11) is 1.93. The lowest BCUT2D eigenvalue weighted by atomic mass is 10.1. The summed E-state index contributed by atoms with van der Waals surface area (Å²) < 4.78 is 0. The maximum absolute atomic E-state index is 9.90. The Morgan fingerprint density at radius 3 is 2.47 bits per heavy atom. The molecule has 19 heavy (non-hydrogen) atoms. The van der Waals surface area contributed by atoms with Gasteiger partial charge in [0.15, 0.2) is 0 Å². The van der Waals surface area contributed by atoms with E-state index in [0.717, 1.165) is 24.0 Å². The molecule has 0 spiro atoms. The molecule has 0 saturated carbocycles. The van der Waals surface area contributed by atoms with Gasteiger partial charge in [-0.3, -0.25) is 0 Å². The van der Waals surface area contributed by atoms with Gasteiger partial charge in [-0.25, -0.2) is 9.97 Å². The normalized spacial score (nSPS) is 11.8. The highest BCUT2D eigenvalue weighted by Crippen LogP contribution is 2.20. The molecule has 0 aliphatic carbocycles. The Bertz CT molecular complexity index is 412. The number of hydrogen-bond donors (Lipinski definition) is 2. The number of nitrogens with zero attached hydrogens (tertiary/aromatic N) is 3. The van der Waals surface area contributed by atoms with Gasteiger partial charge in [-0.1, -0.05) is 13.8 Å². The standard InChI is InChI=1S/C14H26N4O/c1-7-15-11-8-12(17-13(16-11)10(2)3)18(6)9-14(4,5)19/h8,10,19H,7,9H2,1-6H3,(H,15,16,17). The molecule has 1 rings (SSSR count). The van der Waals surface area contributed by atoms with Crippen molar-refractivity contribution in [1.29, 1.82) is 0 Å².